The summed E-state index contributed by atoms with van der Waals surface area (Å²) in [6.07, 6.45) is 0.939. The predicted molar refractivity (Wildman–Crippen MR) is 97.0 cm³/mol. The number of aryl methyl sites for hydroxylation is 1. The van der Waals surface area contributed by atoms with Crippen LogP contribution in [0.2, 0.25) is 0 Å². The number of anilines is 1. The molecule has 0 spiro atoms. The standard InChI is InChI=1S/C20H20FN3/c1-3-14-8-9-19-17(10-14)20(16-6-4-5-7-18(16)21)23-12-15-11-22-13(2)24(15)19/h4-10,15H,3,11-12H2,1-2H3. The molecule has 2 aromatic carbocycles. The molecule has 0 bridgehead atoms. The number of nitrogens with zero attached hydrogens (tertiary/aromatic N) is 3. The van der Waals surface area contributed by atoms with Crippen molar-refractivity contribution in [2.75, 3.05) is 18.0 Å². The molecule has 0 saturated carbocycles. The molecule has 0 aliphatic carbocycles. The molecule has 0 amide bonds. The molecule has 0 aromatic heterocycles. The summed E-state index contributed by atoms with van der Waals surface area (Å²) in [6.45, 7) is 5.53. The van der Waals surface area contributed by atoms with Crippen molar-refractivity contribution in [3.8, 4) is 0 Å². The average molecular weight is 321 g/mol. The molecule has 122 valence electrons. The van der Waals surface area contributed by atoms with Crippen LogP contribution in [0.25, 0.3) is 0 Å². The second kappa shape index (κ2) is 5.86. The second-order valence-electron chi connectivity index (χ2n) is 6.29. The van der Waals surface area contributed by atoms with Gasteiger partial charge in [0.15, 0.2) is 0 Å². The van der Waals surface area contributed by atoms with Crippen molar-refractivity contribution in [2.24, 2.45) is 9.98 Å². The number of halogens is 1. The van der Waals surface area contributed by atoms with Gasteiger partial charge in [-0.15, -0.1) is 0 Å². The highest BCUT2D eigenvalue weighted by Crippen LogP contribution is 2.32. The minimum absolute atomic E-state index is 0.223. The van der Waals surface area contributed by atoms with Gasteiger partial charge in [-0.05, 0) is 43.2 Å². The van der Waals surface area contributed by atoms with Crippen molar-refractivity contribution in [1.82, 2.24) is 0 Å². The van der Waals surface area contributed by atoms with Gasteiger partial charge >= 0.3 is 0 Å². The molecule has 4 heteroatoms. The van der Waals surface area contributed by atoms with Gasteiger partial charge in [-0.1, -0.05) is 25.1 Å². The molecule has 0 saturated heterocycles. The van der Waals surface area contributed by atoms with E-state index in [1.807, 2.05) is 19.1 Å². The van der Waals surface area contributed by atoms with Crippen LogP contribution in [0.5, 0.6) is 0 Å². The Bertz CT molecular complexity index is 854. The van der Waals surface area contributed by atoms with Crippen LogP contribution in [-0.4, -0.2) is 30.7 Å². The van der Waals surface area contributed by atoms with Gasteiger partial charge in [0.25, 0.3) is 0 Å². The van der Waals surface area contributed by atoms with E-state index in [9.17, 15) is 4.39 Å². The molecule has 2 aliphatic heterocycles. The molecule has 0 fully saturated rings. The smallest absolute Gasteiger partial charge is 0.132 e. The zero-order chi connectivity index (χ0) is 16.7. The van der Waals surface area contributed by atoms with Gasteiger partial charge < -0.3 is 4.90 Å². The third-order valence-electron chi connectivity index (χ3n) is 4.82. The Kier molecular flexibility index (Phi) is 3.68. The van der Waals surface area contributed by atoms with Crippen LogP contribution < -0.4 is 4.90 Å². The first-order valence-corrected chi connectivity index (χ1v) is 8.42. The first-order chi connectivity index (χ1) is 11.7. The molecule has 2 aromatic rings. The number of fused-ring (bicyclic) bond motifs is 3. The summed E-state index contributed by atoms with van der Waals surface area (Å²) in [4.78, 5) is 11.6. The zero-order valence-corrected chi connectivity index (χ0v) is 14.0. The highest BCUT2D eigenvalue weighted by atomic mass is 19.1. The van der Waals surface area contributed by atoms with Gasteiger partial charge in [0, 0.05) is 11.1 Å². The van der Waals surface area contributed by atoms with Gasteiger partial charge in [0.1, 0.15) is 11.7 Å². The summed E-state index contributed by atoms with van der Waals surface area (Å²) >= 11 is 0. The maximum absolute atomic E-state index is 14.4. The van der Waals surface area contributed by atoms with Crippen LogP contribution in [0.15, 0.2) is 52.4 Å². The van der Waals surface area contributed by atoms with E-state index in [1.54, 1.807) is 6.07 Å². The van der Waals surface area contributed by atoms with E-state index >= 15 is 0 Å². The van der Waals surface area contributed by atoms with E-state index < -0.39 is 0 Å². The van der Waals surface area contributed by atoms with Gasteiger partial charge in [0.05, 0.1) is 30.5 Å². The lowest BCUT2D eigenvalue weighted by molar-refractivity contribution is 0.625. The number of benzene rings is 2. The Morgan fingerprint density at radius 3 is 2.67 bits per heavy atom. The van der Waals surface area contributed by atoms with Gasteiger partial charge in [0.2, 0.25) is 0 Å². The van der Waals surface area contributed by atoms with E-state index in [0.717, 1.165) is 35.8 Å². The van der Waals surface area contributed by atoms with Gasteiger partial charge in [-0.3, -0.25) is 9.98 Å². The number of hydrogen-bond acceptors (Lipinski definition) is 3. The van der Waals surface area contributed by atoms with Crippen LogP contribution in [0.4, 0.5) is 10.1 Å². The molecule has 2 heterocycles. The van der Waals surface area contributed by atoms with Crippen LogP contribution in [0.3, 0.4) is 0 Å². The van der Waals surface area contributed by atoms with Gasteiger partial charge in [-0.2, -0.15) is 0 Å². The highest BCUT2D eigenvalue weighted by Gasteiger charge is 2.32. The first kappa shape index (κ1) is 15.1. The predicted octanol–water partition coefficient (Wildman–Crippen LogP) is 3.85. The number of hydrogen-bond donors (Lipinski definition) is 0. The number of amidine groups is 1. The van der Waals surface area contributed by atoms with E-state index in [1.165, 1.54) is 11.6 Å². The fourth-order valence-electron chi connectivity index (χ4n) is 3.54. The van der Waals surface area contributed by atoms with Crippen molar-refractivity contribution in [2.45, 2.75) is 26.3 Å². The van der Waals surface area contributed by atoms with Crippen LogP contribution in [0, 0.1) is 5.82 Å². The van der Waals surface area contributed by atoms with E-state index in [0.29, 0.717) is 12.1 Å². The summed E-state index contributed by atoms with van der Waals surface area (Å²) in [5.41, 5.74) is 4.63. The molecule has 4 rings (SSSR count). The lowest BCUT2D eigenvalue weighted by atomic mass is 9.97. The summed E-state index contributed by atoms with van der Waals surface area (Å²) < 4.78 is 14.4. The Morgan fingerprint density at radius 1 is 1.08 bits per heavy atom. The maximum Gasteiger partial charge on any atom is 0.132 e. The largest absolute Gasteiger partial charge is 0.323 e. The molecule has 3 nitrogen and oxygen atoms in total. The van der Waals surface area contributed by atoms with Crippen molar-refractivity contribution in [3.63, 3.8) is 0 Å². The summed E-state index contributed by atoms with van der Waals surface area (Å²) in [6, 6.07) is 13.5. The van der Waals surface area contributed by atoms with Crippen molar-refractivity contribution in [1.29, 1.82) is 0 Å². The highest BCUT2D eigenvalue weighted by molar-refractivity contribution is 6.18. The number of rotatable bonds is 2. The SMILES string of the molecule is CCc1ccc2c(c1)C(c1ccccc1F)=NCC1CN=C(C)N21. The number of aliphatic imine (C=N–C) groups is 2. The normalized spacial score (nSPS) is 19.3. The minimum atomic E-state index is -0.225. The molecule has 24 heavy (non-hydrogen) atoms. The maximum atomic E-state index is 14.4. The lowest BCUT2D eigenvalue weighted by Gasteiger charge is -2.26. The first-order valence-electron chi connectivity index (χ1n) is 8.42. The third kappa shape index (κ3) is 2.33. The van der Waals surface area contributed by atoms with Crippen molar-refractivity contribution >= 4 is 17.2 Å². The molecular weight excluding hydrogens is 301 g/mol. The summed E-state index contributed by atoms with van der Waals surface area (Å²) in [5.74, 6) is 0.784. The van der Waals surface area contributed by atoms with E-state index in [4.69, 9.17) is 4.99 Å². The molecule has 0 radical (unpaired) electrons. The fraction of sp³-hybridized carbons (Fsp3) is 0.300. The van der Waals surface area contributed by atoms with Crippen LogP contribution >= 0.6 is 0 Å². The Labute approximate surface area is 141 Å². The molecule has 0 N–H and O–H groups in total. The quantitative estimate of drug-likeness (QED) is 0.826. The van der Waals surface area contributed by atoms with E-state index in [2.05, 4.69) is 35.0 Å². The topological polar surface area (TPSA) is 28.0 Å². The summed E-state index contributed by atoms with van der Waals surface area (Å²) in [7, 11) is 0. The minimum Gasteiger partial charge on any atom is -0.323 e. The van der Waals surface area contributed by atoms with E-state index in [-0.39, 0.29) is 11.9 Å². The Morgan fingerprint density at radius 2 is 1.88 bits per heavy atom. The summed E-state index contributed by atoms with van der Waals surface area (Å²) in [5, 5.41) is 0. The fourth-order valence-corrected chi connectivity index (χ4v) is 3.54. The molecule has 1 unspecified atom stereocenters. The van der Waals surface area contributed by atoms with Gasteiger partial charge in [-0.25, -0.2) is 4.39 Å². The Hall–Kier alpha value is -2.49. The van der Waals surface area contributed by atoms with Crippen LogP contribution in [-0.2, 0) is 6.42 Å². The average Bonchev–Trinajstić information content (AvgIpc) is 2.88. The van der Waals surface area contributed by atoms with Crippen molar-refractivity contribution < 1.29 is 4.39 Å². The molecule has 1 atom stereocenters. The Balaban J connectivity index is 1.94. The molecular formula is C20H20FN3. The van der Waals surface area contributed by atoms with Crippen LogP contribution in [0.1, 0.15) is 30.5 Å². The zero-order valence-electron chi connectivity index (χ0n) is 14.0. The lowest BCUT2D eigenvalue weighted by Crippen LogP contribution is -2.37. The second-order valence-corrected chi connectivity index (χ2v) is 6.29. The monoisotopic (exact) mass is 321 g/mol. The molecule has 2 aliphatic rings. The third-order valence-corrected chi connectivity index (χ3v) is 4.82. The van der Waals surface area contributed by atoms with Crippen molar-refractivity contribution in [3.05, 3.63) is 65.0 Å².